The maximum Gasteiger partial charge on any atom is 0.276 e. The van der Waals surface area contributed by atoms with Crippen molar-refractivity contribution in [1.82, 2.24) is 19.7 Å². The van der Waals surface area contributed by atoms with Gasteiger partial charge in [-0.05, 0) is 56.5 Å². The second-order valence-electron chi connectivity index (χ2n) is 9.80. The zero-order valence-corrected chi connectivity index (χ0v) is 22.8. The van der Waals surface area contributed by atoms with Gasteiger partial charge in [0.05, 0.1) is 10.2 Å². The average Bonchev–Trinajstić information content (AvgIpc) is 3.58. The first-order chi connectivity index (χ1) is 18.0. The van der Waals surface area contributed by atoms with E-state index in [4.69, 9.17) is 4.98 Å². The molecule has 37 heavy (non-hydrogen) atoms. The van der Waals surface area contributed by atoms with E-state index in [-0.39, 0.29) is 11.9 Å². The van der Waals surface area contributed by atoms with Gasteiger partial charge < -0.3 is 5.32 Å². The summed E-state index contributed by atoms with van der Waals surface area (Å²) in [5.41, 5.74) is 6.12. The molecule has 6 nitrogen and oxygen atoms in total. The lowest BCUT2D eigenvalue weighted by molar-refractivity contribution is 0.102. The summed E-state index contributed by atoms with van der Waals surface area (Å²) in [6.07, 6.45) is 0.931. The number of para-hydroxylation sites is 1. The molecular formula is C29H29N5OS2. The number of fused-ring (bicyclic) bond motifs is 2. The van der Waals surface area contributed by atoms with E-state index < -0.39 is 0 Å². The number of amides is 1. The molecule has 0 saturated heterocycles. The predicted molar refractivity (Wildman–Crippen MR) is 152 cm³/mol. The Morgan fingerprint density at radius 3 is 2.62 bits per heavy atom. The summed E-state index contributed by atoms with van der Waals surface area (Å²) in [6.45, 7) is 8.89. The van der Waals surface area contributed by atoms with E-state index >= 15 is 0 Å². The van der Waals surface area contributed by atoms with Gasteiger partial charge in [-0.3, -0.25) is 14.4 Å². The highest BCUT2D eigenvalue weighted by atomic mass is 32.1. The van der Waals surface area contributed by atoms with Crippen molar-refractivity contribution in [3.05, 3.63) is 88.1 Å². The molecule has 0 fully saturated rings. The number of hydrogen-bond acceptors (Lipinski definition) is 6. The third-order valence-corrected chi connectivity index (χ3v) is 8.95. The van der Waals surface area contributed by atoms with Crippen LogP contribution in [0.25, 0.3) is 20.8 Å². The van der Waals surface area contributed by atoms with Gasteiger partial charge >= 0.3 is 0 Å². The number of thiophene rings is 1. The molecule has 1 aliphatic rings. The summed E-state index contributed by atoms with van der Waals surface area (Å²) in [5.74, 6) is -0.176. The van der Waals surface area contributed by atoms with E-state index in [1.54, 1.807) is 22.7 Å². The molecule has 0 unspecified atom stereocenters. The van der Waals surface area contributed by atoms with Crippen LogP contribution in [0.5, 0.6) is 0 Å². The minimum atomic E-state index is -0.176. The molecule has 188 valence electrons. The summed E-state index contributed by atoms with van der Waals surface area (Å²) in [6, 6.07) is 20.9. The predicted octanol–water partition coefficient (Wildman–Crippen LogP) is 6.92. The highest BCUT2D eigenvalue weighted by Gasteiger charge is 2.28. The van der Waals surface area contributed by atoms with Gasteiger partial charge in [0, 0.05) is 41.8 Å². The molecule has 4 heterocycles. The zero-order chi connectivity index (χ0) is 25.5. The number of anilines is 1. The smallest absolute Gasteiger partial charge is 0.276 e. The Bertz CT molecular complexity index is 1550. The maximum absolute atomic E-state index is 13.4. The first-order valence-electron chi connectivity index (χ1n) is 12.6. The third-order valence-electron chi connectivity index (χ3n) is 6.76. The molecule has 0 aliphatic carbocycles. The van der Waals surface area contributed by atoms with Crippen molar-refractivity contribution in [2.45, 2.75) is 46.3 Å². The van der Waals surface area contributed by atoms with Crippen LogP contribution in [0.15, 0.2) is 60.7 Å². The number of aryl methyl sites for hydroxylation is 1. The standard InChI is InChI=1S/C29H29N5OS2/c1-18(2)34-19(3)15-23(32-34)27(35)31-29-26(28-30-22-11-7-8-12-24(22)36-28)21-13-14-33(17-25(21)37-29)16-20-9-5-4-6-10-20/h4-12,15,18H,13-14,16-17H2,1-3H3,(H,31,35). The summed E-state index contributed by atoms with van der Waals surface area (Å²) >= 11 is 3.37. The summed E-state index contributed by atoms with van der Waals surface area (Å²) in [4.78, 5) is 22.1. The van der Waals surface area contributed by atoms with Crippen LogP contribution in [-0.4, -0.2) is 32.1 Å². The summed E-state index contributed by atoms with van der Waals surface area (Å²) in [5, 5.41) is 9.63. The number of nitrogens with one attached hydrogen (secondary N) is 1. The number of benzene rings is 2. The molecular weight excluding hydrogens is 498 g/mol. The topological polar surface area (TPSA) is 63.1 Å². The van der Waals surface area contributed by atoms with Crippen LogP contribution in [0.1, 0.15) is 52.1 Å². The van der Waals surface area contributed by atoms with Gasteiger partial charge in [0.25, 0.3) is 5.91 Å². The fraction of sp³-hybridized carbons (Fsp3) is 0.276. The molecule has 5 aromatic rings. The van der Waals surface area contributed by atoms with Gasteiger partial charge in [0.15, 0.2) is 5.69 Å². The number of carbonyl (C=O) groups is 1. The number of aromatic nitrogens is 3. The first kappa shape index (κ1) is 24.0. The SMILES string of the molecule is Cc1cc(C(=O)Nc2sc3c(c2-c2nc4ccccc4s2)CCN(Cc2ccccc2)C3)nn1C(C)C. The van der Waals surface area contributed by atoms with Gasteiger partial charge in [0.1, 0.15) is 10.0 Å². The largest absolute Gasteiger partial charge is 0.312 e. The van der Waals surface area contributed by atoms with Crippen molar-refractivity contribution in [2.24, 2.45) is 0 Å². The molecule has 1 amide bonds. The number of nitrogens with zero attached hydrogens (tertiary/aromatic N) is 4. The molecule has 2 aromatic carbocycles. The van der Waals surface area contributed by atoms with Crippen molar-refractivity contribution < 1.29 is 4.79 Å². The lowest BCUT2D eigenvalue weighted by Crippen LogP contribution is -2.29. The Morgan fingerprint density at radius 1 is 1.08 bits per heavy atom. The van der Waals surface area contributed by atoms with Crippen LogP contribution in [0.3, 0.4) is 0 Å². The van der Waals surface area contributed by atoms with Crippen LogP contribution in [-0.2, 0) is 19.5 Å². The molecule has 0 saturated carbocycles. The lowest BCUT2D eigenvalue weighted by Gasteiger charge is -2.27. The molecule has 3 aromatic heterocycles. The van der Waals surface area contributed by atoms with Crippen LogP contribution in [0, 0.1) is 6.92 Å². The minimum Gasteiger partial charge on any atom is -0.312 e. The summed E-state index contributed by atoms with van der Waals surface area (Å²) in [7, 11) is 0. The molecule has 1 N–H and O–H groups in total. The molecule has 8 heteroatoms. The Balaban J connectivity index is 1.36. The average molecular weight is 528 g/mol. The maximum atomic E-state index is 13.4. The van der Waals surface area contributed by atoms with Gasteiger partial charge in [-0.25, -0.2) is 4.98 Å². The third kappa shape index (κ3) is 4.72. The number of carbonyl (C=O) groups excluding carboxylic acids is 1. The number of thiazole rings is 1. The van der Waals surface area contributed by atoms with E-state index in [0.29, 0.717) is 5.69 Å². The molecule has 0 atom stereocenters. The van der Waals surface area contributed by atoms with Crippen molar-refractivity contribution in [3.63, 3.8) is 0 Å². The summed E-state index contributed by atoms with van der Waals surface area (Å²) < 4.78 is 3.05. The molecule has 0 bridgehead atoms. The molecule has 6 rings (SSSR count). The quantitative estimate of drug-likeness (QED) is 0.260. The fourth-order valence-electron chi connectivity index (χ4n) is 5.02. The van der Waals surface area contributed by atoms with Crippen molar-refractivity contribution in [3.8, 4) is 10.6 Å². The Kier molecular flexibility index (Phi) is 6.40. The van der Waals surface area contributed by atoms with Crippen LogP contribution >= 0.6 is 22.7 Å². The van der Waals surface area contributed by atoms with Crippen LogP contribution < -0.4 is 5.32 Å². The van der Waals surface area contributed by atoms with Gasteiger partial charge in [-0.1, -0.05) is 42.5 Å². The second kappa shape index (κ2) is 9.85. The van der Waals surface area contributed by atoms with E-state index in [0.717, 1.165) is 57.5 Å². The molecule has 0 radical (unpaired) electrons. The number of hydrogen-bond donors (Lipinski definition) is 1. The van der Waals surface area contributed by atoms with E-state index in [1.165, 1.54) is 16.0 Å². The Labute approximate surface area is 224 Å². The fourth-order valence-corrected chi connectivity index (χ4v) is 7.41. The van der Waals surface area contributed by atoms with Crippen molar-refractivity contribution in [1.29, 1.82) is 0 Å². The molecule has 1 aliphatic heterocycles. The van der Waals surface area contributed by atoms with Gasteiger partial charge in [-0.2, -0.15) is 5.10 Å². The van der Waals surface area contributed by atoms with Crippen LogP contribution in [0.2, 0.25) is 0 Å². The Hall–Kier alpha value is -3.33. The number of rotatable bonds is 6. The highest BCUT2D eigenvalue weighted by molar-refractivity contribution is 7.23. The highest BCUT2D eigenvalue weighted by Crippen LogP contribution is 2.46. The zero-order valence-electron chi connectivity index (χ0n) is 21.2. The lowest BCUT2D eigenvalue weighted by atomic mass is 10.0. The first-order valence-corrected chi connectivity index (χ1v) is 14.2. The Morgan fingerprint density at radius 2 is 1.86 bits per heavy atom. The second-order valence-corrected chi connectivity index (χ2v) is 11.9. The van der Waals surface area contributed by atoms with Crippen LogP contribution in [0.4, 0.5) is 5.00 Å². The van der Waals surface area contributed by atoms with Crippen molar-refractivity contribution in [2.75, 3.05) is 11.9 Å². The molecule has 0 spiro atoms. The van der Waals surface area contributed by atoms with Gasteiger partial charge in [-0.15, -0.1) is 22.7 Å². The normalized spacial score (nSPS) is 13.8. The van der Waals surface area contributed by atoms with E-state index in [1.807, 2.05) is 29.8 Å². The van der Waals surface area contributed by atoms with E-state index in [9.17, 15) is 4.79 Å². The monoisotopic (exact) mass is 527 g/mol. The van der Waals surface area contributed by atoms with Crippen molar-refractivity contribution >= 4 is 43.8 Å². The van der Waals surface area contributed by atoms with Gasteiger partial charge in [0.2, 0.25) is 0 Å². The van der Waals surface area contributed by atoms with E-state index in [2.05, 4.69) is 71.6 Å². The minimum absolute atomic E-state index is 0.176.